The summed E-state index contributed by atoms with van der Waals surface area (Å²) in [7, 11) is 0. The highest BCUT2D eigenvalue weighted by atomic mass is 35.5. The van der Waals surface area contributed by atoms with Gasteiger partial charge in [-0.25, -0.2) is 9.69 Å². The summed E-state index contributed by atoms with van der Waals surface area (Å²) in [5.74, 6) is -2.72. The van der Waals surface area contributed by atoms with E-state index >= 15 is 0 Å². The molecule has 39 heavy (non-hydrogen) atoms. The number of barbiturate groups is 1. The van der Waals surface area contributed by atoms with E-state index in [0.717, 1.165) is 18.2 Å². The molecule has 3 aromatic carbocycles. The van der Waals surface area contributed by atoms with Crippen molar-refractivity contribution in [2.24, 2.45) is 0 Å². The Hall–Kier alpha value is -4.52. The third-order valence-electron chi connectivity index (χ3n) is 5.41. The lowest BCUT2D eigenvalue weighted by Crippen LogP contribution is -2.54. The standard InChI is InChI=1S/C24H13Cl3N4O8/c1-11-2-3-14(9-17(11)26)29-23(33)16(22(32)28-24(29)34)7-12-6-13(25)8-18(27)21(12)39-20-5-4-15(30(35)36)10-19(20)31(37)38/h2-10H,1H3,(H,28,32,34)/b16-7+. The van der Waals surface area contributed by atoms with E-state index in [2.05, 4.69) is 5.32 Å². The summed E-state index contributed by atoms with van der Waals surface area (Å²) in [6.45, 7) is 1.72. The normalized spacial score (nSPS) is 14.4. The number of nitrogens with zero attached hydrogens (tertiary/aromatic N) is 3. The number of hydrogen-bond donors (Lipinski definition) is 1. The zero-order valence-electron chi connectivity index (χ0n) is 19.4. The zero-order chi connectivity index (χ0) is 28.6. The number of halogens is 3. The Morgan fingerprint density at radius 3 is 2.28 bits per heavy atom. The fourth-order valence-corrected chi connectivity index (χ4v) is 4.24. The first-order chi connectivity index (χ1) is 18.4. The zero-order valence-corrected chi connectivity index (χ0v) is 21.7. The third kappa shape index (κ3) is 5.53. The highest BCUT2D eigenvalue weighted by Crippen LogP contribution is 2.41. The monoisotopic (exact) mass is 590 g/mol. The van der Waals surface area contributed by atoms with E-state index in [9.17, 15) is 34.6 Å². The Balaban J connectivity index is 1.82. The Morgan fingerprint density at radius 1 is 0.923 bits per heavy atom. The second-order valence-corrected chi connectivity index (χ2v) is 9.22. The first kappa shape index (κ1) is 27.5. The molecule has 1 heterocycles. The van der Waals surface area contributed by atoms with E-state index < -0.39 is 50.4 Å². The van der Waals surface area contributed by atoms with Crippen LogP contribution in [-0.4, -0.2) is 27.7 Å². The summed E-state index contributed by atoms with van der Waals surface area (Å²) in [6, 6.07) is 8.59. The molecule has 1 N–H and O–H groups in total. The van der Waals surface area contributed by atoms with Crippen LogP contribution in [0.2, 0.25) is 15.1 Å². The van der Waals surface area contributed by atoms with Crippen molar-refractivity contribution in [3.63, 3.8) is 0 Å². The van der Waals surface area contributed by atoms with Gasteiger partial charge in [0.2, 0.25) is 5.75 Å². The quantitative estimate of drug-likeness (QED) is 0.153. The molecule has 15 heteroatoms. The van der Waals surface area contributed by atoms with Crippen LogP contribution in [0.15, 0.2) is 54.1 Å². The van der Waals surface area contributed by atoms with Gasteiger partial charge >= 0.3 is 11.7 Å². The van der Waals surface area contributed by atoms with Crippen molar-refractivity contribution in [3.8, 4) is 11.5 Å². The summed E-state index contributed by atoms with van der Waals surface area (Å²) < 4.78 is 5.66. The lowest BCUT2D eigenvalue weighted by atomic mass is 10.1. The minimum absolute atomic E-state index is 0.0549. The molecule has 0 radical (unpaired) electrons. The number of amides is 4. The molecule has 0 bridgehead atoms. The molecular formula is C24H13Cl3N4O8. The van der Waals surface area contributed by atoms with Gasteiger partial charge < -0.3 is 4.74 Å². The van der Waals surface area contributed by atoms with Crippen molar-refractivity contribution in [3.05, 3.63) is 101 Å². The Labute approximate surface area is 233 Å². The molecule has 1 aliphatic heterocycles. The number of nitrogens with one attached hydrogen (secondary N) is 1. The van der Waals surface area contributed by atoms with Crippen LogP contribution in [0, 0.1) is 27.2 Å². The van der Waals surface area contributed by atoms with Crippen molar-refractivity contribution in [2.75, 3.05) is 4.90 Å². The minimum atomic E-state index is -1.04. The molecule has 0 aromatic heterocycles. The van der Waals surface area contributed by atoms with Gasteiger partial charge in [0, 0.05) is 21.7 Å². The fraction of sp³-hybridized carbons (Fsp3) is 0.0417. The van der Waals surface area contributed by atoms with E-state index in [1.165, 1.54) is 24.3 Å². The Bertz CT molecular complexity index is 1640. The topological polar surface area (TPSA) is 162 Å². The first-order valence-corrected chi connectivity index (χ1v) is 11.8. The number of nitro groups is 2. The highest BCUT2D eigenvalue weighted by Gasteiger charge is 2.37. The maximum Gasteiger partial charge on any atom is 0.335 e. The van der Waals surface area contributed by atoms with Gasteiger partial charge in [-0.2, -0.15) is 0 Å². The van der Waals surface area contributed by atoms with Gasteiger partial charge in [-0.3, -0.25) is 35.1 Å². The highest BCUT2D eigenvalue weighted by molar-refractivity contribution is 6.40. The maximum absolute atomic E-state index is 13.3. The predicted molar refractivity (Wildman–Crippen MR) is 141 cm³/mol. The van der Waals surface area contributed by atoms with Gasteiger partial charge in [0.05, 0.1) is 26.6 Å². The number of rotatable bonds is 6. The number of imide groups is 2. The van der Waals surface area contributed by atoms with E-state index in [1.54, 1.807) is 13.0 Å². The molecule has 1 fully saturated rings. The molecular weight excluding hydrogens is 579 g/mol. The minimum Gasteiger partial charge on any atom is -0.448 e. The predicted octanol–water partition coefficient (Wildman–Crippen LogP) is 6.23. The summed E-state index contributed by atoms with van der Waals surface area (Å²) in [4.78, 5) is 60.1. The van der Waals surface area contributed by atoms with Crippen LogP contribution < -0.4 is 15.0 Å². The van der Waals surface area contributed by atoms with Crippen molar-refractivity contribution < 1.29 is 29.0 Å². The first-order valence-electron chi connectivity index (χ1n) is 10.6. The van der Waals surface area contributed by atoms with E-state index in [4.69, 9.17) is 39.5 Å². The molecule has 198 valence electrons. The molecule has 3 aromatic rings. The number of urea groups is 1. The van der Waals surface area contributed by atoms with Crippen LogP contribution in [0.1, 0.15) is 11.1 Å². The van der Waals surface area contributed by atoms with E-state index in [0.29, 0.717) is 16.5 Å². The van der Waals surface area contributed by atoms with Crippen LogP contribution >= 0.6 is 34.8 Å². The maximum atomic E-state index is 13.3. The molecule has 4 amide bonds. The van der Waals surface area contributed by atoms with Gasteiger partial charge in [0.1, 0.15) is 5.57 Å². The third-order valence-corrected chi connectivity index (χ3v) is 6.32. The molecule has 4 rings (SSSR count). The number of anilines is 1. The second-order valence-electron chi connectivity index (χ2n) is 7.97. The Morgan fingerprint density at radius 2 is 1.64 bits per heavy atom. The largest absolute Gasteiger partial charge is 0.448 e. The number of carbonyl (C=O) groups is 3. The molecule has 0 unspecified atom stereocenters. The smallest absolute Gasteiger partial charge is 0.335 e. The summed E-state index contributed by atoms with van der Waals surface area (Å²) >= 11 is 18.5. The lowest BCUT2D eigenvalue weighted by Gasteiger charge is -2.26. The van der Waals surface area contributed by atoms with Gasteiger partial charge in [-0.1, -0.05) is 40.9 Å². The van der Waals surface area contributed by atoms with Crippen molar-refractivity contribution >= 4 is 75.8 Å². The van der Waals surface area contributed by atoms with Gasteiger partial charge in [0.25, 0.3) is 17.5 Å². The molecule has 0 spiro atoms. The second kappa shape index (κ2) is 10.7. The fourth-order valence-electron chi connectivity index (χ4n) is 3.52. The summed E-state index contributed by atoms with van der Waals surface area (Å²) in [5, 5.41) is 24.8. The number of non-ortho nitro benzene ring substituents is 1. The van der Waals surface area contributed by atoms with Gasteiger partial charge in [-0.15, -0.1) is 0 Å². The average molecular weight is 592 g/mol. The van der Waals surface area contributed by atoms with Crippen molar-refractivity contribution in [1.29, 1.82) is 0 Å². The molecule has 12 nitrogen and oxygen atoms in total. The number of ether oxygens (including phenoxy) is 1. The molecule has 0 saturated carbocycles. The Kier molecular flexibility index (Phi) is 7.54. The number of benzene rings is 3. The lowest BCUT2D eigenvalue weighted by molar-refractivity contribution is -0.394. The van der Waals surface area contributed by atoms with Crippen LogP contribution in [-0.2, 0) is 9.59 Å². The molecule has 1 aliphatic rings. The van der Waals surface area contributed by atoms with Gasteiger partial charge in [-0.05, 0) is 48.9 Å². The molecule has 0 atom stereocenters. The van der Waals surface area contributed by atoms with Crippen LogP contribution in [0.5, 0.6) is 11.5 Å². The van der Waals surface area contributed by atoms with Crippen LogP contribution in [0.3, 0.4) is 0 Å². The number of hydrogen-bond acceptors (Lipinski definition) is 8. The summed E-state index contributed by atoms with van der Waals surface area (Å²) in [5.41, 5.74) is -1.10. The van der Waals surface area contributed by atoms with Crippen molar-refractivity contribution in [2.45, 2.75) is 6.92 Å². The van der Waals surface area contributed by atoms with E-state index in [1.807, 2.05) is 0 Å². The van der Waals surface area contributed by atoms with Crippen LogP contribution in [0.25, 0.3) is 6.08 Å². The van der Waals surface area contributed by atoms with E-state index in [-0.39, 0.29) is 32.1 Å². The number of aryl methyl sites for hydroxylation is 1. The summed E-state index contributed by atoms with van der Waals surface area (Å²) in [6.07, 6.45) is 1.04. The molecule has 0 aliphatic carbocycles. The van der Waals surface area contributed by atoms with Crippen LogP contribution in [0.4, 0.5) is 21.9 Å². The number of carbonyl (C=O) groups excluding carboxylic acids is 3. The average Bonchev–Trinajstić information content (AvgIpc) is 2.85. The molecule has 1 saturated heterocycles. The van der Waals surface area contributed by atoms with Crippen molar-refractivity contribution in [1.82, 2.24) is 5.32 Å². The number of nitro benzene ring substituents is 2. The SMILES string of the molecule is Cc1ccc(N2C(=O)NC(=O)/C(=C\c3cc(Cl)cc(Cl)c3Oc3ccc([N+](=O)[O-])cc3[N+](=O)[O-])C2=O)cc1Cl. The van der Waals surface area contributed by atoms with Gasteiger partial charge in [0.15, 0.2) is 5.75 Å².